The van der Waals surface area contributed by atoms with Gasteiger partial charge in [-0.15, -0.1) is 22.7 Å². The van der Waals surface area contributed by atoms with Crippen molar-refractivity contribution in [3.05, 3.63) is 61.5 Å². The third kappa shape index (κ3) is 4.90. The summed E-state index contributed by atoms with van der Waals surface area (Å²) in [4.78, 5) is 22.1. The number of carbonyl (C=O) groups is 1. The molecule has 0 fully saturated rings. The van der Waals surface area contributed by atoms with E-state index in [0.29, 0.717) is 11.0 Å². The molecule has 0 saturated heterocycles. The van der Waals surface area contributed by atoms with Gasteiger partial charge in [0.15, 0.2) is 5.13 Å². The lowest BCUT2D eigenvalue weighted by atomic mass is 10.1. The number of carbonyl (C=O) groups excluding carboxylic acids is 1. The van der Waals surface area contributed by atoms with Gasteiger partial charge in [0.25, 0.3) is 0 Å². The first-order valence-electron chi connectivity index (χ1n) is 8.34. The van der Waals surface area contributed by atoms with Gasteiger partial charge >= 0.3 is 0 Å². The van der Waals surface area contributed by atoms with Crippen LogP contribution in [0.25, 0.3) is 0 Å². The number of benzene rings is 1. The summed E-state index contributed by atoms with van der Waals surface area (Å²) in [5.41, 5.74) is 3.00. The van der Waals surface area contributed by atoms with Gasteiger partial charge in [-0.05, 0) is 24.1 Å². The molecule has 4 nitrogen and oxygen atoms in total. The Morgan fingerprint density at radius 1 is 1.35 bits per heavy atom. The van der Waals surface area contributed by atoms with Crippen LogP contribution in [0.15, 0.2) is 29.8 Å². The lowest BCUT2D eigenvalue weighted by molar-refractivity contribution is -0.115. The van der Waals surface area contributed by atoms with E-state index in [1.165, 1.54) is 11.3 Å². The van der Waals surface area contributed by atoms with E-state index < -0.39 is 0 Å². The SMILES string of the molecule is Cc1ccc(Cc2cnc(NC(=O)Cc3csc(C(C)C)n3)s2)cc1Cl. The van der Waals surface area contributed by atoms with E-state index in [1.807, 2.05) is 24.4 Å². The Kier molecular flexibility index (Phi) is 6.06. The second kappa shape index (κ2) is 8.29. The quantitative estimate of drug-likeness (QED) is 0.592. The molecule has 0 spiro atoms. The van der Waals surface area contributed by atoms with E-state index in [2.05, 4.69) is 35.2 Å². The van der Waals surface area contributed by atoms with E-state index in [4.69, 9.17) is 11.6 Å². The number of nitrogens with one attached hydrogen (secondary N) is 1. The second-order valence-electron chi connectivity index (χ2n) is 6.45. The maximum atomic E-state index is 12.2. The Labute approximate surface area is 166 Å². The maximum absolute atomic E-state index is 12.2. The van der Waals surface area contributed by atoms with Gasteiger partial charge < -0.3 is 5.32 Å². The summed E-state index contributed by atoms with van der Waals surface area (Å²) in [6.45, 7) is 6.18. The van der Waals surface area contributed by atoms with Crippen LogP contribution in [0, 0.1) is 6.92 Å². The van der Waals surface area contributed by atoms with Crippen LogP contribution in [0.2, 0.25) is 5.02 Å². The van der Waals surface area contributed by atoms with Crippen molar-refractivity contribution < 1.29 is 4.79 Å². The Morgan fingerprint density at radius 3 is 2.85 bits per heavy atom. The van der Waals surface area contributed by atoms with Crippen LogP contribution >= 0.6 is 34.3 Å². The monoisotopic (exact) mass is 405 g/mol. The van der Waals surface area contributed by atoms with Crippen molar-refractivity contribution in [1.82, 2.24) is 9.97 Å². The van der Waals surface area contributed by atoms with Gasteiger partial charge in [-0.3, -0.25) is 4.79 Å². The standard InChI is InChI=1S/C19H20ClN3OS2/c1-11(2)18-22-14(10-25-18)8-17(24)23-19-21-9-15(26-19)6-13-5-4-12(3)16(20)7-13/h4-5,7,9-11H,6,8H2,1-3H3,(H,21,23,24). The summed E-state index contributed by atoms with van der Waals surface area (Å²) in [6.07, 6.45) is 2.82. The molecule has 26 heavy (non-hydrogen) atoms. The largest absolute Gasteiger partial charge is 0.302 e. The van der Waals surface area contributed by atoms with E-state index in [0.717, 1.165) is 38.1 Å². The molecule has 0 bridgehead atoms. The van der Waals surface area contributed by atoms with Crippen LogP contribution in [0.4, 0.5) is 5.13 Å². The molecule has 0 aliphatic heterocycles. The van der Waals surface area contributed by atoms with Crippen molar-refractivity contribution in [3.8, 4) is 0 Å². The second-order valence-corrected chi connectivity index (χ2v) is 8.86. The van der Waals surface area contributed by atoms with Crippen LogP contribution < -0.4 is 5.32 Å². The molecule has 1 amide bonds. The fraction of sp³-hybridized carbons (Fsp3) is 0.316. The summed E-state index contributed by atoms with van der Waals surface area (Å²) < 4.78 is 0. The summed E-state index contributed by atoms with van der Waals surface area (Å²) in [6, 6.07) is 6.05. The van der Waals surface area contributed by atoms with Gasteiger partial charge in [-0.25, -0.2) is 9.97 Å². The van der Waals surface area contributed by atoms with Crippen molar-refractivity contribution >= 4 is 45.3 Å². The molecule has 0 aliphatic carbocycles. The zero-order chi connectivity index (χ0) is 18.7. The average molecular weight is 406 g/mol. The number of amides is 1. The Balaban J connectivity index is 1.58. The smallest absolute Gasteiger partial charge is 0.232 e. The maximum Gasteiger partial charge on any atom is 0.232 e. The first-order chi connectivity index (χ1) is 12.4. The summed E-state index contributed by atoms with van der Waals surface area (Å²) in [5, 5.41) is 7.25. The molecule has 2 heterocycles. The van der Waals surface area contributed by atoms with Crippen molar-refractivity contribution in [2.75, 3.05) is 5.32 Å². The number of aromatic nitrogens is 2. The van der Waals surface area contributed by atoms with Crippen molar-refractivity contribution in [2.45, 2.75) is 39.5 Å². The fourth-order valence-electron chi connectivity index (χ4n) is 2.39. The summed E-state index contributed by atoms with van der Waals surface area (Å²) in [5.74, 6) is 0.290. The number of rotatable bonds is 6. The Bertz CT molecular complexity index is 917. The predicted molar refractivity (Wildman–Crippen MR) is 110 cm³/mol. The van der Waals surface area contributed by atoms with Crippen LogP contribution in [0.1, 0.15) is 46.5 Å². The third-order valence-electron chi connectivity index (χ3n) is 3.82. The molecule has 1 aromatic carbocycles. The normalized spacial score (nSPS) is 11.1. The van der Waals surface area contributed by atoms with Crippen LogP contribution in [0.3, 0.4) is 0 Å². The molecule has 0 aliphatic rings. The molecule has 0 unspecified atom stereocenters. The van der Waals surface area contributed by atoms with Crippen LogP contribution in [0.5, 0.6) is 0 Å². The molecule has 136 valence electrons. The number of nitrogens with zero attached hydrogens (tertiary/aromatic N) is 2. The van der Waals surface area contributed by atoms with Crippen molar-refractivity contribution in [3.63, 3.8) is 0 Å². The minimum absolute atomic E-state index is 0.0927. The fourth-order valence-corrected chi connectivity index (χ4v) is 4.29. The van der Waals surface area contributed by atoms with Crippen LogP contribution in [-0.2, 0) is 17.6 Å². The highest BCUT2D eigenvalue weighted by Gasteiger charge is 2.12. The zero-order valence-electron chi connectivity index (χ0n) is 14.9. The highest BCUT2D eigenvalue weighted by molar-refractivity contribution is 7.15. The highest BCUT2D eigenvalue weighted by atomic mass is 35.5. The lowest BCUT2D eigenvalue weighted by Gasteiger charge is -2.02. The zero-order valence-corrected chi connectivity index (χ0v) is 17.3. The lowest BCUT2D eigenvalue weighted by Crippen LogP contribution is -2.14. The number of anilines is 1. The van der Waals surface area contributed by atoms with E-state index >= 15 is 0 Å². The number of aryl methyl sites for hydroxylation is 1. The molecule has 3 rings (SSSR count). The van der Waals surface area contributed by atoms with Gasteiger partial charge in [0.2, 0.25) is 5.91 Å². The molecule has 0 radical (unpaired) electrons. The van der Waals surface area contributed by atoms with Gasteiger partial charge in [0.1, 0.15) is 0 Å². The molecule has 7 heteroatoms. The molecular weight excluding hydrogens is 386 g/mol. The summed E-state index contributed by atoms with van der Waals surface area (Å²) >= 11 is 9.26. The van der Waals surface area contributed by atoms with Crippen molar-refractivity contribution in [2.24, 2.45) is 0 Å². The van der Waals surface area contributed by atoms with Crippen molar-refractivity contribution in [1.29, 1.82) is 0 Å². The Hall–Kier alpha value is -1.76. The molecule has 0 atom stereocenters. The number of thiazole rings is 2. The molecule has 2 aromatic heterocycles. The van der Waals surface area contributed by atoms with Gasteiger partial charge in [0, 0.05) is 33.8 Å². The van der Waals surface area contributed by atoms with Crippen LogP contribution in [-0.4, -0.2) is 15.9 Å². The summed E-state index contributed by atoms with van der Waals surface area (Å²) in [7, 11) is 0. The average Bonchev–Trinajstić information content (AvgIpc) is 3.21. The molecule has 1 N–H and O–H groups in total. The van der Waals surface area contributed by atoms with E-state index in [-0.39, 0.29) is 12.3 Å². The molecule has 3 aromatic rings. The Morgan fingerprint density at radius 2 is 2.15 bits per heavy atom. The highest BCUT2D eigenvalue weighted by Crippen LogP contribution is 2.24. The minimum Gasteiger partial charge on any atom is -0.302 e. The predicted octanol–water partition coefficient (Wildman–Crippen LogP) is 5.46. The van der Waals surface area contributed by atoms with Gasteiger partial charge in [-0.1, -0.05) is 37.6 Å². The van der Waals surface area contributed by atoms with E-state index in [9.17, 15) is 4.79 Å². The molecule has 0 saturated carbocycles. The third-order valence-corrected chi connectivity index (χ3v) is 6.33. The number of halogens is 1. The first-order valence-corrected chi connectivity index (χ1v) is 10.4. The topological polar surface area (TPSA) is 54.9 Å². The number of hydrogen-bond acceptors (Lipinski definition) is 5. The van der Waals surface area contributed by atoms with Gasteiger partial charge in [0.05, 0.1) is 17.1 Å². The van der Waals surface area contributed by atoms with E-state index in [1.54, 1.807) is 17.5 Å². The first kappa shape index (κ1) is 19.0. The van der Waals surface area contributed by atoms with Gasteiger partial charge in [-0.2, -0.15) is 0 Å². The molecular formula is C19H20ClN3OS2. The number of hydrogen-bond donors (Lipinski definition) is 1. The minimum atomic E-state index is -0.0927.